The molecule has 7 heteroatoms. The third-order valence-corrected chi connectivity index (χ3v) is 4.91. The van der Waals surface area contributed by atoms with Gasteiger partial charge in [0.25, 0.3) is 0 Å². The minimum absolute atomic E-state index is 0.0737. The molecule has 0 saturated carbocycles. The van der Waals surface area contributed by atoms with E-state index in [9.17, 15) is 4.79 Å². The van der Waals surface area contributed by atoms with Gasteiger partial charge >= 0.3 is 6.09 Å². The molecule has 1 amide bonds. The molecule has 148 valence electrons. The number of rotatable bonds is 6. The highest BCUT2D eigenvalue weighted by atomic mass is 31.2. The predicted octanol–water partition coefficient (Wildman–Crippen LogP) is 3.90. The van der Waals surface area contributed by atoms with Crippen LogP contribution in [0.15, 0.2) is 60.7 Å². The molecule has 2 aromatic rings. The van der Waals surface area contributed by atoms with Crippen molar-refractivity contribution in [1.82, 2.24) is 5.32 Å². The molecule has 0 heterocycles. The Kier molecular flexibility index (Phi) is 10.6. The third kappa shape index (κ3) is 9.50. The summed E-state index contributed by atoms with van der Waals surface area (Å²) in [6.45, 7) is 5.73. The molecular weight excluding hydrogens is 363 g/mol. The van der Waals surface area contributed by atoms with E-state index in [1.54, 1.807) is 13.8 Å². The summed E-state index contributed by atoms with van der Waals surface area (Å²) in [6.07, 6.45) is -0.645. The van der Waals surface area contributed by atoms with Crippen LogP contribution in [-0.4, -0.2) is 21.7 Å². The van der Waals surface area contributed by atoms with Crippen molar-refractivity contribution < 1.29 is 19.3 Å². The van der Waals surface area contributed by atoms with Gasteiger partial charge < -0.3 is 25.6 Å². The van der Waals surface area contributed by atoms with Gasteiger partial charge in [-0.15, -0.1) is 0 Å². The van der Waals surface area contributed by atoms with Gasteiger partial charge in [0, 0.05) is 6.04 Å². The molecule has 0 aliphatic heterocycles. The molecule has 0 bridgehead atoms. The van der Waals surface area contributed by atoms with Gasteiger partial charge in [0.2, 0.25) is 0 Å². The number of carbonyl (C=O) groups excluding carboxylic acids is 1. The Labute approximate surface area is 162 Å². The van der Waals surface area contributed by atoms with Gasteiger partial charge in [-0.25, -0.2) is 4.79 Å². The van der Waals surface area contributed by atoms with E-state index in [1.807, 2.05) is 67.6 Å². The molecular formula is C20H29N2O4P. The number of ether oxygens (including phenoxy) is 1. The molecule has 2 atom stereocenters. The minimum Gasteiger partial charge on any atom is -0.445 e. The van der Waals surface area contributed by atoms with Crippen LogP contribution in [0.25, 0.3) is 0 Å². The number of carbonyl (C=O) groups is 1. The molecule has 0 radical (unpaired) electrons. The van der Waals surface area contributed by atoms with Crippen molar-refractivity contribution in [3.63, 3.8) is 0 Å². The van der Waals surface area contributed by atoms with Crippen molar-refractivity contribution in [2.45, 2.75) is 39.2 Å². The van der Waals surface area contributed by atoms with Crippen LogP contribution in [0.4, 0.5) is 4.79 Å². The second kappa shape index (κ2) is 12.4. The summed E-state index contributed by atoms with van der Waals surface area (Å²) >= 11 is 0. The lowest BCUT2D eigenvalue weighted by atomic mass is 10.1. The average Bonchev–Trinajstić information content (AvgIpc) is 2.66. The molecule has 2 rings (SSSR count). The highest BCUT2D eigenvalue weighted by molar-refractivity contribution is 7.45. The van der Waals surface area contributed by atoms with Crippen LogP contribution in [-0.2, 0) is 11.3 Å². The van der Waals surface area contributed by atoms with Gasteiger partial charge in [-0.3, -0.25) is 0 Å². The summed E-state index contributed by atoms with van der Waals surface area (Å²) in [5.74, 6) is -0.751. The lowest BCUT2D eigenvalue weighted by molar-refractivity contribution is 0.136. The average molecular weight is 392 g/mol. The molecule has 0 aliphatic carbocycles. The van der Waals surface area contributed by atoms with Crippen molar-refractivity contribution >= 4 is 14.5 Å². The van der Waals surface area contributed by atoms with Crippen molar-refractivity contribution in [1.29, 1.82) is 0 Å². The maximum absolute atomic E-state index is 11.5. The van der Waals surface area contributed by atoms with Crippen LogP contribution in [0.5, 0.6) is 0 Å². The number of alkyl carbamates (subject to hydrolysis) is 1. The molecule has 27 heavy (non-hydrogen) atoms. The van der Waals surface area contributed by atoms with Crippen molar-refractivity contribution in [2.24, 2.45) is 11.7 Å². The summed E-state index contributed by atoms with van der Waals surface area (Å²) in [6, 6.07) is 19.5. The molecule has 0 saturated heterocycles. The zero-order valence-electron chi connectivity index (χ0n) is 15.9. The second-order valence-electron chi connectivity index (χ2n) is 6.41. The SMILES string of the molecule is CC(C)C(NC(=O)OCc1ccccc1)P(O)O.CC(N)c1ccccc1. The largest absolute Gasteiger partial charge is 0.445 e. The highest BCUT2D eigenvalue weighted by Gasteiger charge is 2.24. The number of amides is 1. The fraction of sp³-hybridized carbons (Fsp3) is 0.350. The Morgan fingerprint density at radius 1 is 1.04 bits per heavy atom. The van der Waals surface area contributed by atoms with E-state index in [1.165, 1.54) is 5.56 Å². The van der Waals surface area contributed by atoms with E-state index >= 15 is 0 Å². The first-order valence-corrected chi connectivity index (χ1v) is 10.1. The van der Waals surface area contributed by atoms with Gasteiger partial charge in [0.05, 0.1) is 0 Å². The van der Waals surface area contributed by atoms with Gasteiger partial charge in [-0.1, -0.05) is 74.5 Å². The molecule has 2 unspecified atom stereocenters. The Morgan fingerprint density at radius 2 is 1.56 bits per heavy atom. The third-order valence-electron chi connectivity index (χ3n) is 3.68. The van der Waals surface area contributed by atoms with Crippen LogP contribution in [0.2, 0.25) is 0 Å². The first kappa shape index (κ1) is 23.1. The highest BCUT2D eigenvalue weighted by Crippen LogP contribution is 2.33. The molecule has 0 aromatic heterocycles. The van der Waals surface area contributed by atoms with Crippen LogP contribution in [0, 0.1) is 5.92 Å². The first-order chi connectivity index (χ1) is 12.8. The minimum atomic E-state index is -2.21. The maximum Gasteiger partial charge on any atom is 0.408 e. The van der Waals surface area contributed by atoms with Crippen LogP contribution < -0.4 is 11.1 Å². The summed E-state index contributed by atoms with van der Waals surface area (Å²) < 4.78 is 5.00. The Hall–Kier alpha value is -1.98. The standard InChI is InChI=1S/C12H18NO4P.C8H11N/c1-9(2)11(18(15)16)13-12(14)17-8-10-6-4-3-5-7-10;1-7(9)8-5-3-2-4-6-8/h3-7,9,11,15-16H,8H2,1-2H3,(H,13,14);2-7H,9H2,1H3. The smallest absolute Gasteiger partial charge is 0.408 e. The zero-order valence-corrected chi connectivity index (χ0v) is 16.8. The van der Waals surface area contributed by atoms with Crippen LogP contribution >= 0.6 is 8.38 Å². The quantitative estimate of drug-likeness (QED) is 0.558. The van der Waals surface area contributed by atoms with E-state index in [2.05, 4.69) is 5.32 Å². The summed E-state index contributed by atoms with van der Waals surface area (Å²) in [4.78, 5) is 29.8. The van der Waals surface area contributed by atoms with Crippen LogP contribution in [0.3, 0.4) is 0 Å². The second-order valence-corrected chi connectivity index (χ2v) is 7.61. The Bertz CT molecular complexity index is 644. The van der Waals surface area contributed by atoms with E-state index in [4.69, 9.17) is 20.3 Å². The van der Waals surface area contributed by atoms with Crippen molar-refractivity contribution in [3.05, 3.63) is 71.8 Å². The predicted molar refractivity (Wildman–Crippen MR) is 109 cm³/mol. The lowest BCUT2D eigenvalue weighted by Crippen LogP contribution is -2.37. The van der Waals surface area contributed by atoms with Gasteiger partial charge in [0.15, 0.2) is 8.38 Å². The van der Waals surface area contributed by atoms with Gasteiger partial charge in [0.1, 0.15) is 12.4 Å². The van der Waals surface area contributed by atoms with E-state index in [-0.39, 0.29) is 18.6 Å². The topological polar surface area (TPSA) is 105 Å². The first-order valence-electron chi connectivity index (χ1n) is 8.76. The zero-order chi connectivity index (χ0) is 20.2. The van der Waals surface area contributed by atoms with E-state index < -0.39 is 20.3 Å². The normalized spacial score (nSPS) is 12.7. The summed E-state index contributed by atoms with van der Waals surface area (Å²) in [5, 5.41) is 2.45. The number of nitrogens with one attached hydrogen (secondary N) is 1. The monoisotopic (exact) mass is 392 g/mol. The number of hydrogen-bond acceptors (Lipinski definition) is 5. The molecule has 0 aliphatic rings. The molecule has 6 nitrogen and oxygen atoms in total. The summed E-state index contributed by atoms with van der Waals surface area (Å²) in [5.41, 5.74) is 7.68. The van der Waals surface area contributed by atoms with E-state index in [0.29, 0.717) is 0 Å². The number of nitrogens with two attached hydrogens (primary N) is 1. The number of hydrogen-bond donors (Lipinski definition) is 4. The molecule has 5 N–H and O–H groups in total. The van der Waals surface area contributed by atoms with Crippen molar-refractivity contribution in [2.75, 3.05) is 0 Å². The maximum atomic E-state index is 11.5. The van der Waals surface area contributed by atoms with E-state index in [0.717, 1.165) is 5.56 Å². The summed E-state index contributed by atoms with van der Waals surface area (Å²) in [7, 11) is -2.21. The fourth-order valence-electron chi connectivity index (χ4n) is 2.13. The molecule has 0 spiro atoms. The lowest BCUT2D eigenvalue weighted by Gasteiger charge is -2.22. The van der Waals surface area contributed by atoms with Crippen LogP contribution in [0.1, 0.15) is 37.9 Å². The molecule has 2 aromatic carbocycles. The van der Waals surface area contributed by atoms with Gasteiger partial charge in [-0.05, 0) is 24.0 Å². The Morgan fingerprint density at radius 3 is 1.96 bits per heavy atom. The van der Waals surface area contributed by atoms with Crippen molar-refractivity contribution in [3.8, 4) is 0 Å². The molecule has 0 fully saturated rings. The Balaban J connectivity index is 0.000000337. The number of benzene rings is 2. The fourth-order valence-corrected chi connectivity index (χ4v) is 2.89. The van der Waals surface area contributed by atoms with Gasteiger partial charge in [-0.2, -0.15) is 0 Å².